The number of sulfonamides is 1. The quantitative estimate of drug-likeness (QED) is 0.665. The molecular formula is C17H21N5O3S2. The maximum absolute atomic E-state index is 12.5. The fraction of sp³-hybridized carbons (Fsp3) is 0.353. The molecule has 27 heavy (non-hydrogen) atoms. The second-order valence-corrected chi connectivity index (χ2v) is 8.81. The number of carbonyl (C=O) groups is 1. The number of carbonyl (C=O) groups excluding carboxylic acids is 1. The lowest BCUT2D eigenvalue weighted by atomic mass is 10.2. The Morgan fingerprint density at radius 3 is 2.52 bits per heavy atom. The Bertz CT molecular complexity index is 904. The maximum atomic E-state index is 12.5. The molecule has 0 radical (unpaired) electrons. The molecule has 0 bridgehead atoms. The number of piperazine rings is 1. The Kier molecular flexibility index (Phi) is 6.30. The largest absolute Gasteiger partial charge is 0.339 e. The van der Waals surface area contributed by atoms with Crippen LogP contribution in [0.3, 0.4) is 0 Å². The minimum atomic E-state index is -3.50. The summed E-state index contributed by atoms with van der Waals surface area (Å²) in [6.07, 6.45) is 3.17. The van der Waals surface area contributed by atoms with Crippen LogP contribution in [0.2, 0.25) is 0 Å². The second kappa shape index (κ2) is 8.68. The fourth-order valence-electron chi connectivity index (χ4n) is 2.63. The smallest absolute Gasteiger partial charge is 0.236 e. The summed E-state index contributed by atoms with van der Waals surface area (Å²) in [5.41, 5.74) is 0.829. The van der Waals surface area contributed by atoms with Gasteiger partial charge in [0, 0.05) is 38.6 Å². The highest BCUT2D eigenvalue weighted by molar-refractivity contribution is 7.99. The van der Waals surface area contributed by atoms with Gasteiger partial charge in [-0.3, -0.25) is 4.79 Å². The van der Waals surface area contributed by atoms with Crippen LogP contribution >= 0.6 is 11.8 Å². The minimum absolute atomic E-state index is 0.0279. The second-order valence-electron chi connectivity index (χ2n) is 6.05. The van der Waals surface area contributed by atoms with Gasteiger partial charge in [0.1, 0.15) is 6.33 Å². The van der Waals surface area contributed by atoms with Crippen molar-refractivity contribution in [1.29, 1.82) is 0 Å². The molecule has 0 spiro atoms. The van der Waals surface area contributed by atoms with E-state index in [0.717, 1.165) is 5.56 Å². The molecule has 1 aliphatic rings. The van der Waals surface area contributed by atoms with Crippen LogP contribution in [0.4, 0.5) is 0 Å². The van der Waals surface area contributed by atoms with Crippen molar-refractivity contribution in [3.8, 4) is 0 Å². The molecule has 1 amide bonds. The van der Waals surface area contributed by atoms with Crippen molar-refractivity contribution in [3.05, 3.63) is 47.6 Å². The lowest BCUT2D eigenvalue weighted by molar-refractivity contribution is -0.129. The molecule has 10 heteroatoms. The zero-order valence-corrected chi connectivity index (χ0v) is 16.6. The molecule has 2 aromatic rings. The van der Waals surface area contributed by atoms with Gasteiger partial charge in [-0.05, 0) is 11.6 Å². The van der Waals surface area contributed by atoms with Gasteiger partial charge >= 0.3 is 0 Å². The third-order valence-corrected chi connectivity index (χ3v) is 6.76. The molecule has 0 N–H and O–H groups in total. The Morgan fingerprint density at radius 1 is 1.19 bits per heavy atom. The molecule has 8 nitrogen and oxygen atoms in total. The summed E-state index contributed by atoms with van der Waals surface area (Å²) in [6, 6.07) is 9.28. The molecule has 144 valence electrons. The van der Waals surface area contributed by atoms with Crippen LogP contribution < -0.4 is 0 Å². The highest BCUT2D eigenvalue weighted by Crippen LogP contribution is 2.16. The van der Waals surface area contributed by atoms with Gasteiger partial charge in [0.05, 0.1) is 5.75 Å². The van der Waals surface area contributed by atoms with Gasteiger partial charge in [-0.25, -0.2) is 8.42 Å². The van der Waals surface area contributed by atoms with Crippen LogP contribution in [0.1, 0.15) is 5.56 Å². The third kappa shape index (κ3) is 5.18. The first-order chi connectivity index (χ1) is 13.0. The molecule has 3 rings (SSSR count). The molecule has 2 heterocycles. The number of aromatic nitrogens is 3. The highest BCUT2D eigenvalue weighted by atomic mass is 32.2. The lowest BCUT2D eigenvalue weighted by Gasteiger charge is -2.33. The van der Waals surface area contributed by atoms with Gasteiger partial charge in [0.15, 0.2) is 5.16 Å². The Balaban J connectivity index is 1.51. The van der Waals surface area contributed by atoms with E-state index in [9.17, 15) is 13.2 Å². The summed E-state index contributed by atoms with van der Waals surface area (Å²) in [7, 11) is -1.68. The van der Waals surface area contributed by atoms with E-state index >= 15 is 0 Å². The monoisotopic (exact) mass is 407 g/mol. The molecule has 0 saturated carbocycles. The molecule has 0 aliphatic carbocycles. The van der Waals surface area contributed by atoms with E-state index in [1.165, 1.54) is 21.5 Å². The van der Waals surface area contributed by atoms with E-state index in [4.69, 9.17) is 0 Å². The number of benzene rings is 1. The predicted octanol–water partition coefficient (Wildman–Crippen LogP) is 1.05. The topological polar surface area (TPSA) is 88.4 Å². The Hall–Kier alpha value is -2.17. The van der Waals surface area contributed by atoms with Gasteiger partial charge < -0.3 is 9.47 Å². The van der Waals surface area contributed by atoms with Crippen molar-refractivity contribution in [2.45, 2.75) is 5.16 Å². The van der Waals surface area contributed by atoms with Crippen molar-refractivity contribution >= 4 is 33.8 Å². The molecule has 0 unspecified atom stereocenters. The molecule has 1 saturated heterocycles. The van der Waals surface area contributed by atoms with Crippen LogP contribution in [0, 0.1) is 0 Å². The number of amides is 1. The van der Waals surface area contributed by atoms with Crippen LogP contribution in [0.5, 0.6) is 0 Å². The van der Waals surface area contributed by atoms with E-state index in [1.54, 1.807) is 21.9 Å². The standard InChI is InChI=1S/C17H21N5O3S2/c1-20-14-18-19-17(20)26-13-16(23)21-8-10-22(11-9-21)27(24,25)12-7-15-5-3-2-4-6-15/h2-7,12,14H,8-11,13H2,1H3/b12-7+. The summed E-state index contributed by atoms with van der Waals surface area (Å²) >= 11 is 1.32. The van der Waals surface area contributed by atoms with E-state index < -0.39 is 10.0 Å². The van der Waals surface area contributed by atoms with E-state index in [2.05, 4.69) is 10.2 Å². The first-order valence-electron chi connectivity index (χ1n) is 8.43. The van der Waals surface area contributed by atoms with Gasteiger partial charge in [0.25, 0.3) is 0 Å². The number of thioether (sulfide) groups is 1. The van der Waals surface area contributed by atoms with Gasteiger partial charge in [-0.1, -0.05) is 42.1 Å². The normalized spacial score (nSPS) is 16.1. The average Bonchev–Trinajstić information content (AvgIpc) is 3.10. The number of nitrogens with zero attached hydrogens (tertiary/aromatic N) is 5. The van der Waals surface area contributed by atoms with E-state index in [1.807, 2.05) is 37.4 Å². The Morgan fingerprint density at radius 2 is 1.89 bits per heavy atom. The minimum Gasteiger partial charge on any atom is -0.339 e. The summed E-state index contributed by atoms with van der Waals surface area (Å²) < 4.78 is 28.1. The molecule has 1 fully saturated rings. The highest BCUT2D eigenvalue weighted by Gasteiger charge is 2.27. The summed E-state index contributed by atoms with van der Waals surface area (Å²) in [4.78, 5) is 14.0. The molecule has 1 aromatic carbocycles. The van der Waals surface area contributed by atoms with Crippen molar-refractivity contribution < 1.29 is 13.2 Å². The molecular weight excluding hydrogens is 386 g/mol. The number of aryl methyl sites for hydroxylation is 1. The van der Waals surface area contributed by atoms with Crippen molar-refractivity contribution in [3.63, 3.8) is 0 Å². The number of hydrogen-bond acceptors (Lipinski definition) is 6. The van der Waals surface area contributed by atoms with Crippen LogP contribution in [0.25, 0.3) is 6.08 Å². The summed E-state index contributed by atoms with van der Waals surface area (Å²) in [5.74, 6) is 0.229. The van der Waals surface area contributed by atoms with Gasteiger partial charge in [0.2, 0.25) is 15.9 Å². The Labute approximate surface area is 162 Å². The molecule has 0 atom stereocenters. The van der Waals surface area contributed by atoms with Crippen molar-refractivity contribution in [2.75, 3.05) is 31.9 Å². The average molecular weight is 408 g/mol. The zero-order valence-electron chi connectivity index (χ0n) is 14.9. The van der Waals surface area contributed by atoms with Gasteiger partial charge in [-0.2, -0.15) is 4.31 Å². The van der Waals surface area contributed by atoms with Crippen molar-refractivity contribution in [2.24, 2.45) is 7.05 Å². The summed E-state index contributed by atoms with van der Waals surface area (Å²) in [5, 5.41) is 9.61. The van der Waals surface area contributed by atoms with E-state index in [-0.39, 0.29) is 11.7 Å². The molecule has 1 aromatic heterocycles. The molecule has 1 aliphatic heterocycles. The fourth-order valence-corrected chi connectivity index (χ4v) is 4.59. The van der Waals surface area contributed by atoms with E-state index in [0.29, 0.717) is 31.3 Å². The predicted molar refractivity (Wildman–Crippen MR) is 104 cm³/mol. The van der Waals surface area contributed by atoms with Crippen molar-refractivity contribution in [1.82, 2.24) is 24.0 Å². The number of rotatable bonds is 6. The number of hydrogen-bond donors (Lipinski definition) is 0. The summed E-state index contributed by atoms with van der Waals surface area (Å²) in [6.45, 7) is 1.36. The first kappa shape index (κ1) is 19.6. The lowest BCUT2D eigenvalue weighted by Crippen LogP contribution is -2.50. The van der Waals surface area contributed by atoms with Gasteiger partial charge in [-0.15, -0.1) is 10.2 Å². The van der Waals surface area contributed by atoms with Crippen LogP contribution in [-0.2, 0) is 21.9 Å². The van der Waals surface area contributed by atoms with Crippen LogP contribution in [0.15, 0.2) is 47.2 Å². The SMILES string of the molecule is Cn1cnnc1SCC(=O)N1CCN(S(=O)(=O)/C=C/c2ccccc2)CC1. The zero-order chi connectivity index (χ0) is 19.3. The first-order valence-corrected chi connectivity index (χ1v) is 10.9. The van der Waals surface area contributed by atoms with Crippen LogP contribution in [-0.4, -0.2) is 70.2 Å². The maximum Gasteiger partial charge on any atom is 0.236 e. The third-order valence-electron chi connectivity index (χ3n) is 4.18.